The van der Waals surface area contributed by atoms with Crippen molar-refractivity contribution in [3.05, 3.63) is 29.8 Å². The highest BCUT2D eigenvalue weighted by Crippen LogP contribution is 2.12. The molecule has 0 heterocycles. The lowest BCUT2D eigenvalue weighted by Crippen LogP contribution is -2.40. The molecule has 3 N–H and O–H groups in total. The zero-order valence-electron chi connectivity index (χ0n) is 10.8. The summed E-state index contributed by atoms with van der Waals surface area (Å²) in [6, 6.07) is 7.04. The molecule has 0 spiro atoms. The number of carbonyl (C=O) groups excluding carboxylic acids is 1. The van der Waals surface area contributed by atoms with Crippen LogP contribution in [0, 0.1) is 0 Å². The molecule has 0 atom stereocenters. The molecule has 1 rings (SSSR count). The summed E-state index contributed by atoms with van der Waals surface area (Å²) in [7, 11) is 0. The number of aliphatic carboxylic acids is 1. The molecule has 6 heteroatoms. The first-order valence-corrected chi connectivity index (χ1v) is 6.07. The van der Waals surface area contributed by atoms with Crippen molar-refractivity contribution in [2.75, 3.05) is 13.3 Å². The molecule has 19 heavy (non-hydrogen) atoms. The smallest absolute Gasteiger partial charge is 0.323 e. The van der Waals surface area contributed by atoms with Crippen LogP contribution in [0.4, 0.5) is 4.79 Å². The number of urea groups is 1. The molecule has 0 aliphatic rings. The summed E-state index contributed by atoms with van der Waals surface area (Å²) in [5.41, 5.74) is 1.24. The van der Waals surface area contributed by atoms with E-state index in [1.165, 1.54) is 5.56 Å². The molecule has 0 aliphatic carbocycles. The molecule has 0 aromatic heterocycles. The van der Waals surface area contributed by atoms with Crippen molar-refractivity contribution in [2.24, 2.45) is 0 Å². The summed E-state index contributed by atoms with van der Waals surface area (Å²) in [6.07, 6.45) is 2.11. The predicted molar refractivity (Wildman–Crippen MR) is 70.1 cm³/mol. The SMILES string of the molecule is CCCc1ccc(OCNC(=O)NCC(=O)O)cc1. The van der Waals surface area contributed by atoms with Gasteiger partial charge in [-0.2, -0.15) is 0 Å². The Balaban J connectivity index is 2.25. The second-order valence-electron chi connectivity index (χ2n) is 3.94. The van der Waals surface area contributed by atoms with Gasteiger partial charge in [-0.05, 0) is 24.1 Å². The summed E-state index contributed by atoms with van der Waals surface area (Å²) < 4.78 is 5.30. The lowest BCUT2D eigenvalue weighted by atomic mass is 10.1. The van der Waals surface area contributed by atoms with E-state index in [-0.39, 0.29) is 6.73 Å². The third-order valence-corrected chi connectivity index (χ3v) is 2.33. The van der Waals surface area contributed by atoms with Crippen molar-refractivity contribution in [3.63, 3.8) is 0 Å². The number of benzene rings is 1. The fourth-order valence-corrected chi connectivity index (χ4v) is 1.44. The number of carboxylic acids is 1. The summed E-state index contributed by atoms with van der Waals surface area (Å²) in [5.74, 6) is -0.444. The lowest BCUT2D eigenvalue weighted by Gasteiger charge is -2.08. The van der Waals surface area contributed by atoms with Gasteiger partial charge in [0.25, 0.3) is 0 Å². The molecule has 6 nitrogen and oxygen atoms in total. The molecule has 0 unspecified atom stereocenters. The standard InChI is InChI=1S/C13H18N2O4/c1-2-3-10-4-6-11(7-5-10)19-9-15-13(18)14-8-12(16)17/h4-7H,2-3,8-9H2,1H3,(H,16,17)(H2,14,15,18). The van der Waals surface area contributed by atoms with E-state index in [4.69, 9.17) is 9.84 Å². The van der Waals surface area contributed by atoms with E-state index >= 15 is 0 Å². The van der Waals surface area contributed by atoms with E-state index in [0.29, 0.717) is 5.75 Å². The van der Waals surface area contributed by atoms with Gasteiger partial charge in [0.2, 0.25) is 0 Å². The lowest BCUT2D eigenvalue weighted by molar-refractivity contribution is -0.135. The minimum absolute atomic E-state index is 0.0153. The number of rotatable bonds is 7. The van der Waals surface area contributed by atoms with Crippen LogP contribution >= 0.6 is 0 Å². The maximum Gasteiger partial charge on any atom is 0.323 e. The van der Waals surface area contributed by atoms with E-state index in [1.807, 2.05) is 24.3 Å². The highest BCUT2D eigenvalue weighted by Gasteiger charge is 2.02. The number of hydrogen-bond donors (Lipinski definition) is 3. The van der Waals surface area contributed by atoms with Crippen LogP contribution in [0.5, 0.6) is 5.75 Å². The highest BCUT2D eigenvalue weighted by molar-refractivity contribution is 5.79. The van der Waals surface area contributed by atoms with Gasteiger partial charge in [0.1, 0.15) is 12.3 Å². The molecule has 0 radical (unpaired) electrons. The highest BCUT2D eigenvalue weighted by atomic mass is 16.5. The number of hydrogen-bond acceptors (Lipinski definition) is 3. The van der Waals surface area contributed by atoms with Gasteiger partial charge >= 0.3 is 12.0 Å². The van der Waals surface area contributed by atoms with Crippen LogP contribution in [-0.2, 0) is 11.2 Å². The first kappa shape index (κ1) is 14.8. The quantitative estimate of drug-likeness (QED) is 0.650. The Morgan fingerprint density at radius 1 is 1.21 bits per heavy atom. The molecule has 0 fully saturated rings. The Hall–Kier alpha value is -2.24. The van der Waals surface area contributed by atoms with Crippen molar-refractivity contribution >= 4 is 12.0 Å². The molecule has 104 valence electrons. The van der Waals surface area contributed by atoms with Crippen molar-refractivity contribution < 1.29 is 19.4 Å². The molecule has 1 aromatic carbocycles. The third kappa shape index (κ3) is 6.30. The van der Waals surface area contributed by atoms with E-state index < -0.39 is 18.5 Å². The van der Waals surface area contributed by atoms with Gasteiger partial charge in [0, 0.05) is 0 Å². The Kier molecular flexibility index (Phi) is 6.21. The van der Waals surface area contributed by atoms with Crippen LogP contribution in [0.2, 0.25) is 0 Å². The summed E-state index contributed by atoms with van der Waals surface area (Å²) in [4.78, 5) is 21.3. The minimum Gasteiger partial charge on any atom is -0.480 e. The van der Waals surface area contributed by atoms with Crippen LogP contribution in [0.1, 0.15) is 18.9 Å². The van der Waals surface area contributed by atoms with E-state index in [9.17, 15) is 9.59 Å². The number of ether oxygens (including phenoxy) is 1. The molecular formula is C13H18N2O4. The normalized spacial score (nSPS) is 9.74. The van der Waals surface area contributed by atoms with Crippen molar-refractivity contribution in [3.8, 4) is 5.75 Å². The minimum atomic E-state index is -1.09. The summed E-state index contributed by atoms with van der Waals surface area (Å²) >= 11 is 0. The number of amides is 2. The van der Waals surface area contributed by atoms with Crippen LogP contribution in [0.15, 0.2) is 24.3 Å². The first-order valence-electron chi connectivity index (χ1n) is 6.07. The van der Waals surface area contributed by atoms with Crippen LogP contribution in [0.25, 0.3) is 0 Å². The monoisotopic (exact) mass is 266 g/mol. The van der Waals surface area contributed by atoms with Crippen LogP contribution < -0.4 is 15.4 Å². The van der Waals surface area contributed by atoms with Crippen molar-refractivity contribution in [1.29, 1.82) is 0 Å². The van der Waals surface area contributed by atoms with Gasteiger partial charge in [0.15, 0.2) is 6.73 Å². The Morgan fingerprint density at radius 2 is 1.89 bits per heavy atom. The van der Waals surface area contributed by atoms with Gasteiger partial charge in [-0.3, -0.25) is 4.79 Å². The maximum absolute atomic E-state index is 11.1. The Morgan fingerprint density at radius 3 is 2.47 bits per heavy atom. The van der Waals surface area contributed by atoms with Crippen molar-refractivity contribution in [1.82, 2.24) is 10.6 Å². The fourth-order valence-electron chi connectivity index (χ4n) is 1.44. The second-order valence-corrected chi connectivity index (χ2v) is 3.94. The molecule has 0 saturated carbocycles. The summed E-state index contributed by atoms with van der Waals surface area (Å²) in [6.45, 7) is 1.68. The van der Waals surface area contributed by atoms with E-state index in [0.717, 1.165) is 12.8 Å². The molecule has 1 aromatic rings. The molecule has 0 saturated heterocycles. The second kappa shape index (κ2) is 7.97. The van der Waals surface area contributed by atoms with Crippen LogP contribution in [-0.4, -0.2) is 30.4 Å². The molecular weight excluding hydrogens is 248 g/mol. The van der Waals surface area contributed by atoms with Crippen molar-refractivity contribution in [2.45, 2.75) is 19.8 Å². The first-order chi connectivity index (χ1) is 9.11. The van der Waals surface area contributed by atoms with Gasteiger partial charge in [-0.25, -0.2) is 4.79 Å². The number of aryl methyl sites for hydroxylation is 1. The van der Waals surface area contributed by atoms with Gasteiger partial charge < -0.3 is 20.5 Å². The largest absolute Gasteiger partial charge is 0.480 e. The fraction of sp³-hybridized carbons (Fsp3) is 0.385. The predicted octanol–water partition coefficient (Wildman–Crippen LogP) is 1.36. The van der Waals surface area contributed by atoms with Gasteiger partial charge in [-0.15, -0.1) is 0 Å². The third-order valence-electron chi connectivity index (χ3n) is 2.33. The number of nitrogens with one attached hydrogen (secondary N) is 2. The van der Waals surface area contributed by atoms with Crippen LogP contribution in [0.3, 0.4) is 0 Å². The van der Waals surface area contributed by atoms with Gasteiger partial charge in [0.05, 0.1) is 0 Å². The average molecular weight is 266 g/mol. The maximum atomic E-state index is 11.1. The molecule has 0 aliphatic heterocycles. The zero-order chi connectivity index (χ0) is 14.1. The Bertz CT molecular complexity index is 417. The van der Waals surface area contributed by atoms with Gasteiger partial charge in [-0.1, -0.05) is 25.5 Å². The molecule has 2 amide bonds. The zero-order valence-corrected chi connectivity index (χ0v) is 10.8. The topological polar surface area (TPSA) is 87.7 Å². The van der Waals surface area contributed by atoms with E-state index in [2.05, 4.69) is 17.6 Å². The summed E-state index contributed by atoms with van der Waals surface area (Å²) in [5, 5.41) is 12.9. The van der Waals surface area contributed by atoms with E-state index in [1.54, 1.807) is 0 Å². The number of carbonyl (C=O) groups is 2. The molecule has 0 bridgehead atoms. The Labute approximate surface area is 111 Å². The number of carboxylic acid groups (broad SMARTS) is 1. The average Bonchev–Trinajstić information content (AvgIpc) is 2.39.